The summed E-state index contributed by atoms with van der Waals surface area (Å²) >= 11 is 0. The summed E-state index contributed by atoms with van der Waals surface area (Å²) in [6.45, 7) is 0. The third-order valence-corrected chi connectivity index (χ3v) is 2.56. The molecule has 3 aromatic rings. The van der Waals surface area contributed by atoms with Gasteiger partial charge < -0.3 is 10.2 Å². The molecule has 20 heavy (non-hydrogen) atoms. The summed E-state index contributed by atoms with van der Waals surface area (Å²) in [7, 11) is 0. The third-order valence-electron chi connectivity index (χ3n) is 2.56. The molecule has 2 N–H and O–H groups in total. The number of aromatic hydroxyl groups is 1. The number of aromatic nitrogens is 2. The molecule has 0 aliphatic carbocycles. The van der Waals surface area contributed by atoms with Crippen LogP contribution in [0.5, 0.6) is 11.5 Å². The maximum Gasteiger partial charge on any atom is 0.293 e. The van der Waals surface area contributed by atoms with Crippen molar-refractivity contribution in [2.45, 2.75) is 0 Å². The monoisotopic (exact) mass is 271 g/mol. The summed E-state index contributed by atoms with van der Waals surface area (Å²) in [5.74, 6) is -1.69. The van der Waals surface area contributed by atoms with Crippen LogP contribution in [0.3, 0.4) is 0 Å². The molecule has 0 aliphatic rings. The van der Waals surface area contributed by atoms with Crippen LogP contribution in [0.15, 0.2) is 58.6 Å². The van der Waals surface area contributed by atoms with Crippen LogP contribution in [0.25, 0.3) is 11.1 Å². The summed E-state index contributed by atoms with van der Waals surface area (Å²) in [5, 5.41) is 13.7. The zero-order valence-electron chi connectivity index (χ0n) is 11.2. The number of rotatable bonds is 2. The molecular formula is C14H10N2O4. The van der Waals surface area contributed by atoms with Crippen LogP contribution in [0.1, 0.15) is 0 Å². The highest BCUT2D eigenvalue weighted by atomic mass is 16.3. The van der Waals surface area contributed by atoms with Crippen LogP contribution >= 0.6 is 0 Å². The van der Waals surface area contributed by atoms with Crippen molar-refractivity contribution in [2.24, 2.45) is 0 Å². The fourth-order valence-electron chi connectivity index (χ4n) is 1.47. The Labute approximate surface area is 114 Å². The predicted octanol–water partition coefficient (Wildman–Crippen LogP) is -0.376. The minimum absolute atomic E-state index is 0.681. The molecule has 0 saturated heterocycles. The maximum atomic E-state index is 10.2. The smallest absolute Gasteiger partial charge is 0.293 e. The van der Waals surface area contributed by atoms with Crippen molar-refractivity contribution in [3.05, 3.63) is 69.5 Å². The standard InChI is InChI=1S/C10H8N2.C4H2O4/c1-5-11-6-2-9(1)10-3-7-12-8-4-10;5-1-2(6)4(8)3(1)7/h1-8H;5-6H/i/hD. The molecule has 0 bridgehead atoms. The normalized spacial score (nSPS) is 10.3. The molecular weight excluding hydrogens is 260 g/mol. The van der Waals surface area contributed by atoms with E-state index in [1.165, 1.54) is 11.1 Å². The van der Waals surface area contributed by atoms with E-state index in [4.69, 9.17) is 1.43 Å². The van der Waals surface area contributed by atoms with E-state index in [2.05, 4.69) is 15.1 Å². The van der Waals surface area contributed by atoms with Crippen molar-refractivity contribution in [2.75, 3.05) is 0 Å². The minimum Gasteiger partial charge on any atom is -0.867 e. The zero-order chi connectivity index (χ0) is 15.2. The van der Waals surface area contributed by atoms with Gasteiger partial charge in [0.25, 0.3) is 6.86 Å². The Balaban J connectivity index is 0.000000161. The van der Waals surface area contributed by atoms with Crippen LogP contribution in [0, 0.1) is 0 Å². The SMILES string of the molecule is [2H]Oc1c([O-])c(=O)c1=O.c1cc(-c2cc[nH+]cc2)ccn1. The van der Waals surface area contributed by atoms with Gasteiger partial charge in [0.1, 0.15) is 0 Å². The van der Waals surface area contributed by atoms with Gasteiger partial charge in [-0.3, -0.25) is 14.6 Å². The van der Waals surface area contributed by atoms with Crippen molar-refractivity contribution in [1.82, 2.24) is 4.98 Å². The highest BCUT2D eigenvalue weighted by Gasteiger charge is 2.09. The van der Waals surface area contributed by atoms with E-state index in [1.54, 1.807) is 12.4 Å². The number of aromatic amines is 1. The van der Waals surface area contributed by atoms with Gasteiger partial charge >= 0.3 is 0 Å². The topological polar surface area (TPSA) is 104 Å². The molecule has 2 heterocycles. The van der Waals surface area contributed by atoms with Gasteiger partial charge in [-0.15, -0.1) is 0 Å². The molecule has 3 rings (SSSR count). The molecule has 0 aliphatic heterocycles. The summed E-state index contributed by atoms with van der Waals surface area (Å²) in [4.78, 5) is 27.1. The highest BCUT2D eigenvalue weighted by molar-refractivity contribution is 5.61. The lowest BCUT2D eigenvalue weighted by Crippen LogP contribution is -2.33. The lowest BCUT2D eigenvalue weighted by Gasteiger charge is -2.05. The number of nitrogens with one attached hydrogen (secondary N) is 1. The molecule has 0 unspecified atom stereocenters. The molecule has 6 nitrogen and oxygen atoms in total. The Morgan fingerprint density at radius 1 is 1.05 bits per heavy atom. The van der Waals surface area contributed by atoms with Crippen molar-refractivity contribution in [1.29, 1.82) is 1.43 Å². The van der Waals surface area contributed by atoms with Gasteiger partial charge in [0.05, 0.1) is 0 Å². The molecule has 100 valence electrons. The van der Waals surface area contributed by atoms with Gasteiger partial charge in [-0.2, -0.15) is 0 Å². The molecule has 0 saturated carbocycles. The van der Waals surface area contributed by atoms with E-state index in [9.17, 15) is 14.7 Å². The Bertz CT molecular complexity index is 746. The fourth-order valence-corrected chi connectivity index (χ4v) is 1.47. The number of hydrogen-bond acceptors (Lipinski definition) is 5. The molecule has 1 aromatic carbocycles. The van der Waals surface area contributed by atoms with E-state index < -0.39 is 22.4 Å². The van der Waals surface area contributed by atoms with Crippen LogP contribution in [-0.4, -0.2) is 11.5 Å². The van der Waals surface area contributed by atoms with Crippen molar-refractivity contribution >= 4 is 0 Å². The average Bonchev–Trinajstić information content (AvgIpc) is 2.57. The first-order valence-electron chi connectivity index (χ1n) is 6.06. The van der Waals surface area contributed by atoms with E-state index in [0.29, 0.717) is 0 Å². The highest BCUT2D eigenvalue weighted by Crippen LogP contribution is 2.15. The second-order valence-corrected chi connectivity index (χ2v) is 3.84. The average molecular weight is 271 g/mol. The van der Waals surface area contributed by atoms with Gasteiger partial charge in [0, 0.05) is 24.5 Å². The fraction of sp³-hybridized carbons (Fsp3) is 0. The molecule has 2 aromatic heterocycles. The van der Waals surface area contributed by atoms with Crippen molar-refractivity contribution in [3.63, 3.8) is 0 Å². The number of hydrogen-bond donors (Lipinski definition) is 1. The van der Waals surface area contributed by atoms with Crippen LogP contribution in [0.2, 0.25) is 0 Å². The minimum atomic E-state index is -1.10. The number of nitrogens with zero attached hydrogens (tertiary/aromatic N) is 1. The summed E-state index contributed by atoms with van der Waals surface area (Å²) in [6, 6.07) is 8.06. The Morgan fingerprint density at radius 3 is 2.15 bits per heavy atom. The van der Waals surface area contributed by atoms with Gasteiger partial charge in [0.2, 0.25) is 5.43 Å². The Kier molecular flexibility index (Phi) is 3.46. The summed E-state index contributed by atoms with van der Waals surface area (Å²) in [6.07, 6.45) is 7.42. The predicted molar refractivity (Wildman–Crippen MR) is 68.7 cm³/mol. The number of pyridine rings is 2. The Hall–Kier alpha value is -3.02. The maximum absolute atomic E-state index is 10.2. The molecule has 0 amide bonds. The lowest BCUT2D eigenvalue weighted by atomic mass is 10.1. The van der Waals surface area contributed by atoms with Crippen LogP contribution < -0.4 is 20.9 Å². The second-order valence-electron chi connectivity index (χ2n) is 3.84. The van der Waals surface area contributed by atoms with E-state index >= 15 is 0 Å². The van der Waals surface area contributed by atoms with E-state index in [-0.39, 0.29) is 0 Å². The first-order valence-corrected chi connectivity index (χ1v) is 5.65. The largest absolute Gasteiger partial charge is 0.867 e. The van der Waals surface area contributed by atoms with Gasteiger partial charge in [-0.25, -0.2) is 4.98 Å². The summed E-state index contributed by atoms with van der Waals surface area (Å²) < 4.78 is 6.08. The lowest BCUT2D eigenvalue weighted by molar-refractivity contribution is -0.377. The van der Waals surface area contributed by atoms with E-state index in [0.717, 1.165) is 0 Å². The molecule has 0 fully saturated rings. The molecule has 0 radical (unpaired) electrons. The van der Waals surface area contributed by atoms with Gasteiger partial charge in [-0.1, -0.05) is 0 Å². The van der Waals surface area contributed by atoms with Crippen LogP contribution in [-0.2, 0) is 0 Å². The first kappa shape index (κ1) is 12.0. The molecule has 0 spiro atoms. The Morgan fingerprint density at radius 2 is 1.65 bits per heavy atom. The van der Waals surface area contributed by atoms with Crippen molar-refractivity contribution < 1.29 is 15.2 Å². The molecule has 0 atom stereocenters. The first-order chi connectivity index (χ1) is 10.1. The number of H-pyrrole nitrogens is 1. The van der Waals surface area contributed by atoms with Gasteiger partial charge in [-0.05, 0) is 29.0 Å². The second kappa shape index (κ2) is 5.75. The third kappa shape index (κ3) is 2.69. The summed E-state index contributed by atoms with van der Waals surface area (Å²) in [5.41, 5.74) is 0.294. The van der Waals surface area contributed by atoms with Crippen LogP contribution in [0.4, 0.5) is 0 Å². The quantitative estimate of drug-likeness (QED) is 0.640. The zero-order valence-corrected chi connectivity index (χ0v) is 10.2. The molecule has 6 heteroatoms. The van der Waals surface area contributed by atoms with Crippen molar-refractivity contribution in [3.8, 4) is 22.6 Å². The van der Waals surface area contributed by atoms with Gasteiger partial charge in [0.15, 0.2) is 18.1 Å². The van der Waals surface area contributed by atoms with E-state index in [1.807, 2.05) is 36.7 Å².